The van der Waals surface area contributed by atoms with Crippen LogP contribution in [0.15, 0.2) is 18.2 Å². The van der Waals surface area contributed by atoms with Gasteiger partial charge in [-0.15, -0.1) is 11.8 Å². The van der Waals surface area contributed by atoms with Crippen molar-refractivity contribution in [2.24, 2.45) is 17.8 Å². The maximum absolute atomic E-state index is 14.0. The van der Waals surface area contributed by atoms with Gasteiger partial charge in [0.05, 0.1) is 46.5 Å². The number of anilines is 1. The summed E-state index contributed by atoms with van der Waals surface area (Å²) in [4.78, 5) is 42.5. The van der Waals surface area contributed by atoms with E-state index in [1.165, 1.54) is 0 Å². The Morgan fingerprint density at radius 3 is 2.74 bits per heavy atom. The lowest BCUT2D eigenvalue weighted by Crippen LogP contribution is -2.56. The molecule has 3 heterocycles. The first kappa shape index (κ1) is 25.3. The molecule has 3 aliphatic heterocycles. The molecule has 34 heavy (non-hydrogen) atoms. The first-order valence-electron chi connectivity index (χ1n) is 12.0. The highest BCUT2D eigenvalue weighted by Crippen LogP contribution is 2.67. The zero-order chi connectivity index (χ0) is 24.8. The molecular formula is C25H33ClN2O5S. The highest BCUT2D eigenvalue weighted by Gasteiger charge is 2.74. The fraction of sp³-hybridized carbons (Fsp3) is 0.640. The van der Waals surface area contributed by atoms with E-state index in [4.69, 9.17) is 16.3 Å². The quantitative estimate of drug-likeness (QED) is 0.520. The first-order chi connectivity index (χ1) is 16.2. The molecule has 186 valence electrons. The molecule has 0 radical (unpaired) electrons. The summed E-state index contributed by atoms with van der Waals surface area (Å²) < 4.78 is 4.62. The summed E-state index contributed by atoms with van der Waals surface area (Å²) in [5, 5.41) is 13.7. The van der Waals surface area contributed by atoms with Gasteiger partial charge in [-0.1, -0.05) is 44.0 Å². The van der Waals surface area contributed by atoms with Crippen molar-refractivity contribution in [1.82, 2.24) is 4.90 Å². The predicted molar refractivity (Wildman–Crippen MR) is 133 cm³/mol. The van der Waals surface area contributed by atoms with Gasteiger partial charge in [-0.25, -0.2) is 0 Å². The molecule has 0 saturated carbocycles. The van der Waals surface area contributed by atoms with Crippen molar-refractivity contribution in [3.8, 4) is 0 Å². The molecule has 0 aliphatic carbocycles. The van der Waals surface area contributed by atoms with E-state index in [9.17, 15) is 19.5 Å². The molecule has 3 aliphatic rings. The van der Waals surface area contributed by atoms with E-state index in [1.807, 2.05) is 32.9 Å². The zero-order valence-electron chi connectivity index (χ0n) is 20.0. The summed E-state index contributed by atoms with van der Waals surface area (Å²) in [6.45, 7) is 7.58. The van der Waals surface area contributed by atoms with Crippen molar-refractivity contribution in [3.05, 3.63) is 28.8 Å². The molecule has 0 aromatic heterocycles. The number of likely N-dealkylation sites (tertiary alicyclic amines) is 1. The molecule has 2 amide bonds. The Labute approximate surface area is 209 Å². The van der Waals surface area contributed by atoms with E-state index in [2.05, 4.69) is 5.32 Å². The summed E-state index contributed by atoms with van der Waals surface area (Å²) >= 11 is 7.98. The van der Waals surface area contributed by atoms with Crippen LogP contribution >= 0.6 is 23.4 Å². The highest BCUT2D eigenvalue weighted by molar-refractivity contribution is 8.02. The van der Waals surface area contributed by atoms with E-state index in [-0.39, 0.29) is 42.2 Å². The minimum atomic E-state index is -0.818. The Kier molecular flexibility index (Phi) is 7.23. The molecule has 1 spiro atoms. The van der Waals surface area contributed by atoms with Gasteiger partial charge in [-0.05, 0) is 44.2 Å². The van der Waals surface area contributed by atoms with Crippen LogP contribution in [-0.2, 0) is 19.1 Å². The fourth-order valence-corrected chi connectivity index (χ4v) is 8.51. The Bertz CT molecular complexity index is 970. The third-order valence-electron chi connectivity index (χ3n) is 7.86. The van der Waals surface area contributed by atoms with Crippen LogP contribution < -0.4 is 5.32 Å². The monoisotopic (exact) mass is 508 g/mol. The van der Waals surface area contributed by atoms with Crippen molar-refractivity contribution in [3.63, 3.8) is 0 Å². The average molecular weight is 509 g/mol. The number of thioether (sulfide) groups is 1. The third kappa shape index (κ3) is 3.82. The number of fused-ring (bicyclic) bond motifs is 1. The molecular weight excluding hydrogens is 476 g/mol. The van der Waals surface area contributed by atoms with Crippen LogP contribution in [0.25, 0.3) is 0 Å². The molecule has 3 fully saturated rings. The Morgan fingerprint density at radius 1 is 1.38 bits per heavy atom. The van der Waals surface area contributed by atoms with Gasteiger partial charge in [0, 0.05) is 5.25 Å². The standard InChI is InChI=1S/C25H33ClN2O5S/c1-5-13(3)16(12-29)28-21(22(30)27-20-14(4)8-7-9-15(20)26)25-11-10-17(34-25)18(19(25)23(28)31)24(32)33-6-2/h7-9,13,16-19,21,29H,5-6,10-12H2,1-4H3,(H,27,30)/t13-,16-,17-,18+,19-,21?,25?/m0/s1. The highest BCUT2D eigenvalue weighted by atomic mass is 35.5. The summed E-state index contributed by atoms with van der Waals surface area (Å²) in [6, 6.07) is 4.05. The molecule has 7 atom stereocenters. The summed E-state index contributed by atoms with van der Waals surface area (Å²) in [7, 11) is 0. The third-order valence-corrected chi connectivity index (χ3v) is 10.1. The summed E-state index contributed by atoms with van der Waals surface area (Å²) in [5.74, 6) is -2.17. The van der Waals surface area contributed by atoms with Crippen molar-refractivity contribution >= 4 is 46.8 Å². The number of hydrogen-bond donors (Lipinski definition) is 2. The number of nitrogens with zero attached hydrogens (tertiary/aromatic N) is 1. The molecule has 4 rings (SSSR count). The van der Waals surface area contributed by atoms with Crippen LogP contribution in [-0.4, -0.2) is 63.1 Å². The normalized spacial score (nSPS) is 31.4. The van der Waals surface area contributed by atoms with Crippen LogP contribution in [0, 0.1) is 24.7 Å². The number of aryl methyl sites for hydroxylation is 1. The Morgan fingerprint density at radius 2 is 2.12 bits per heavy atom. The van der Waals surface area contributed by atoms with Gasteiger partial charge >= 0.3 is 5.97 Å². The number of para-hydroxylation sites is 1. The lowest BCUT2D eigenvalue weighted by molar-refractivity contribution is -0.154. The number of esters is 1. The Hall–Kier alpha value is -1.77. The summed E-state index contributed by atoms with van der Waals surface area (Å²) in [6.07, 6.45) is 2.14. The van der Waals surface area contributed by atoms with Gasteiger partial charge < -0.3 is 20.1 Å². The minimum Gasteiger partial charge on any atom is -0.466 e. The molecule has 1 aromatic carbocycles. The van der Waals surface area contributed by atoms with Gasteiger partial charge in [-0.2, -0.15) is 0 Å². The second kappa shape index (κ2) is 9.70. The number of aliphatic hydroxyl groups excluding tert-OH is 1. The SMILES string of the molecule is CCOC(=O)[C@@H]1[C@@H]2CCC3(S2)C(C(=O)Nc2c(C)cccc2Cl)N([C@@H](CO)[C@@H](C)CC)C(=O)[C@H]13. The molecule has 2 bridgehead atoms. The van der Waals surface area contributed by atoms with Gasteiger partial charge in [0.2, 0.25) is 11.8 Å². The molecule has 3 saturated heterocycles. The maximum atomic E-state index is 14.0. The lowest BCUT2D eigenvalue weighted by atomic mass is 9.71. The van der Waals surface area contributed by atoms with E-state index < -0.39 is 28.7 Å². The fourth-order valence-electron chi connectivity index (χ4n) is 6.05. The van der Waals surface area contributed by atoms with Crippen LogP contribution in [0.4, 0.5) is 5.69 Å². The number of nitrogens with one attached hydrogen (secondary N) is 1. The van der Waals surface area contributed by atoms with Crippen LogP contribution in [0.2, 0.25) is 5.02 Å². The van der Waals surface area contributed by atoms with Crippen LogP contribution in [0.1, 0.15) is 45.6 Å². The number of aliphatic hydroxyl groups is 1. The second-order valence-electron chi connectivity index (χ2n) is 9.61. The molecule has 2 unspecified atom stereocenters. The first-order valence-corrected chi connectivity index (χ1v) is 13.3. The minimum absolute atomic E-state index is 0.0234. The average Bonchev–Trinajstić information content (AvgIpc) is 3.44. The number of hydrogen-bond acceptors (Lipinski definition) is 6. The number of ether oxygens (including phenoxy) is 1. The number of carbonyl (C=O) groups is 3. The number of carbonyl (C=O) groups excluding carboxylic acids is 3. The smallest absolute Gasteiger partial charge is 0.310 e. The van der Waals surface area contributed by atoms with Crippen molar-refractivity contribution < 1.29 is 24.2 Å². The van der Waals surface area contributed by atoms with Gasteiger partial charge in [-0.3, -0.25) is 14.4 Å². The van der Waals surface area contributed by atoms with E-state index >= 15 is 0 Å². The number of halogens is 1. The van der Waals surface area contributed by atoms with E-state index in [0.29, 0.717) is 17.1 Å². The molecule has 9 heteroatoms. The van der Waals surface area contributed by atoms with Gasteiger partial charge in [0.15, 0.2) is 0 Å². The van der Waals surface area contributed by atoms with Crippen molar-refractivity contribution in [2.75, 3.05) is 18.5 Å². The van der Waals surface area contributed by atoms with Crippen molar-refractivity contribution in [2.45, 2.75) is 69.0 Å². The molecule has 7 nitrogen and oxygen atoms in total. The molecule has 2 N–H and O–H groups in total. The topological polar surface area (TPSA) is 95.9 Å². The lowest BCUT2D eigenvalue weighted by Gasteiger charge is -2.39. The van der Waals surface area contributed by atoms with E-state index in [1.54, 1.807) is 29.7 Å². The van der Waals surface area contributed by atoms with Gasteiger partial charge in [0.25, 0.3) is 0 Å². The molecule has 1 aromatic rings. The zero-order valence-corrected chi connectivity index (χ0v) is 21.6. The van der Waals surface area contributed by atoms with E-state index in [0.717, 1.165) is 18.4 Å². The maximum Gasteiger partial charge on any atom is 0.310 e. The van der Waals surface area contributed by atoms with Crippen molar-refractivity contribution in [1.29, 1.82) is 0 Å². The predicted octanol–water partition coefficient (Wildman–Crippen LogP) is 3.65. The Balaban J connectivity index is 1.78. The summed E-state index contributed by atoms with van der Waals surface area (Å²) in [5.41, 5.74) is 1.34. The number of rotatable bonds is 8. The second-order valence-corrected chi connectivity index (χ2v) is 11.6. The number of benzene rings is 1. The number of amides is 2. The largest absolute Gasteiger partial charge is 0.466 e. The van der Waals surface area contributed by atoms with Crippen LogP contribution in [0.3, 0.4) is 0 Å². The van der Waals surface area contributed by atoms with Gasteiger partial charge in [0.1, 0.15) is 6.04 Å². The van der Waals surface area contributed by atoms with Crippen LogP contribution in [0.5, 0.6) is 0 Å².